The molecule has 4 heteroatoms. The summed E-state index contributed by atoms with van der Waals surface area (Å²) in [5.74, 6) is 1.18. The number of ether oxygens (including phenoxy) is 1. The molecule has 0 aliphatic carbocycles. The monoisotopic (exact) mass is 203 g/mol. The third-order valence-corrected chi connectivity index (χ3v) is 3.08. The van der Waals surface area contributed by atoms with Gasteiger partial charge in [-0.3, -0.25) is 4.79 Å². The molecule has 0 spiro atoms. The van der Waals surface area contributed by atoms with Crippen molar-refractivity contribution in [2.75, 3.05) is 26.3 Å². The van der Waals surface area contributed by atoms with E-state index >= 15 is 0 Å². The van der Waals surface area contributed by atoms with E-state index in [-0.39, 0.29) is 11.3 Å². The Morgan fingerprint density at radius 3 is 2.46 bits per heavy atom. The molecule has 0 aromatic heterocycles. The van der Waals surface area contributed by atoms with E-state index in [1.807, 2.05) is 4.90 Å². The van der Waals surface area contributed by atoms with Crippen molar-refractivity contribution in [3.8, 4) is 0 Å². The van der Waals surface area contributed by atoms with E-state index in [9.17, 15) is 4.79 Å². The minimum Gasteiger partial charge on any atom is -0.381 e. The molecule has 2 rings (SSSR count). The zero-order valence-electron chi connectivity index (χ0n) is 7.70. The largest absolute Gasteiger partial charge is 0.381 e. The molecule has 13 heavy (non-hydrogen) atoms. The maximum atomic E-state index is 11.5. The molecule has 0 bridgehead atoms. The van der Waals surface area contributed by atoms with Crippen LogP contribution in [-0.4, -0.2) is 42.5 Å². The van der Waals surface area contributed by atoms with Gasteiger partial charge in [0.1, 0.15) is 5.38 Å². The first-order chi connectivity index (χ1) is 6.18. The average molecular weight is 204 g/mol. The molecule has 0 saturated carbocycles. The Bertz CT molecular complexity index is 208. The van der Waals surface area contributed by atoms with Gasteiger partial charge >= 0.3 is 0 Å². The van der Waals surface area contributed by atoms with E-state index < -0.39 is 0 Å². The van der Waals surface area contributed by atoms with Gasteiger partial charge in [0.15, 0.2) is 0 Å². The average Bonchev–Trinajstić information content (AvgIpc) is 2.59. The van der Waals surface area contributed by atoms with Gasteiger partial charge in [0.2, 0.25) is 5.91 Å². The fraction of sp³-hybridized carbons (Fsp3) is 0.889. The van der Waals surface area contributed by atoms with Gasteiger partial charge < -0.3 is 9.64 Å². The van der Waals surface area contributed by atoms with Gasteiger partial charge in [0.25, 0.3) is 0 Å². The van der Waals surface area contributed by atoms with Crippen molar-refractivity contribution in [1.29, 1.82) is 0 Å². The summed E-state index contributed by atoms with van der Waals surface area (Å²) in [7, 11) is 0. The molecular formula is C9H14ClNO2. The molecule has 2 fully saturated rings. The van der Waals surface area contributed by atoms with Crippen molar-refractivity contribution < 1.29 is 9.53 Å². The predicted octanol–water partition coefficient (Wildman–Crippen LogP) is 0.719. The number of fused-ring (bicyclic) bond motifs is 1. The molecule has 74 valence electrons. The number of nitrogens with zero attached hydrogens (tertiary/aromatic N) is 1. The number of likely N-dealkylation sites (tertiary alicyclic amines) is 1. The number of halogens is 1. The summed E-state index contributed by atoms with van der Waals surface area (Å²) < 4.78 is 5.33. The molecular weight excluding hydrogens is 190 g/mol. The van der Waals surface area contributed by atoms with Crippen LogP contribution in [0.4, 0.5) is 0 Å². The van der Waals surface area contributed by atoms with Gasteiger partial charge in [-0.1, -0.05) is 0 Å². The Morgan fingerprint density at radius 2 is 2.00 bits per heavy atom. The van der Waals surface area contributed by atoms with E-state index in [1.54, 1.807) is 6.92 Å². The van der Waals surface area contributed by atoms with Crippen molar-refractivity contribution >= 4 is 17.5 Å². The minimum atomic E-state index is -0.389. The lowest BCUT2D eigenvalue weighted by atomic mass is 10.0. The summed E-state index contributed by atoms with van der Waals surface area (Å²) in [6, 6.07) is 0. The number of amides is 1. The highest BCUT2D eigenvalue weighted by Crippen LogP contribution is 2.29. The zero-order chi connectivity index (χ0) is 9.42. The lowest BCUT2D eigenvalue weighted by Crippen LogP contribution is -2.34. The Morgan fingerprint density at radius 1 is 1.46 bits per heavy atom. The summed E-state index contributed by atoms with van der Waals surface area (Å²) in [6.07, 6.45) is 0. The Hall–Kier alpha value is -0.280. The van der Waals surface area contributed by atoms with Crippen molar-refractivity contribution in [2.24, 2.45) is 11.8 Å². The Balaban J connectivity index is 1.95. The summed E-state index contributed by atoms with van der Waals surface area (Å²) >= 11 is 5.74. The number of carbonyl (C=O) groups excluding carboxylic acids is 1. The van der Waals surface area contributed by atoms with Crippen molar-refractivity contribution in [1.82, 2.24) is 4.90 Å². The number of alkyl halides is 1. The quantitative estimate of drug-likeness (QED) is 0.588. The van der Waals surface area contributed by atoms with Crippen LogP contribution in [-0.2, 0) is 9.53 Å². The second-order valence-corrected chi connectivity index (χ2v) is 4.57. The fourth-order valence-corrected chi connectivity index (χ4v) is 2.26. The summed E-state index contributed by atoms with van der Waals surface area (Å²) in [5.41, 5.74) is 0. The van der Waals surface area contributed by atoms with Gasteiger partial charge in [-0.25, -0.2) is 0 Å². The van der Waals surface area contributed by atoms with Crippen LogP contribution in [0.5, 0.6) is 0 Å². The second kappa shape index (κ2) is 3.46. The molecule has 0 radical (unpaired) electrons. The Kier molecular flexibility index (Phi) is 2.47. The molecule has 0 aromatic rings. The van der Waals surface area contributed by atoms with Gasteiger partial charge in [-0.05, 0) is 6.92 Å². The van der Waals surface area contributed by atoms with Crippen LogP contribution in [0.15, 0.2) is 0 Å². The summed E-state index contributed by atoms with van der Waals surface area (Å²) in [6.45, 7) is 5.02. The minimum absolute atomic E-state index is 0.0658. The van der Waals surface area contributed by atoms with Crippen LogP contribution < -0.4 is 0 Å². The predicted molar refractivity (Wildman–Crippen MR) is 49.7 cm³/mol. The van der Waals surface area contributed by atoms with Crippen LogP contribution >= 0.6 is 11.6 Å². The third-order valence-electron chi connectivity index (χ3n) is 2.89. The first-order valence-electron chi connectivity index (χ1n) is 4.69. The van der Waals surface area contributed by atoms with Gasteiger partial charge in [-0.2, -0.15) is 0 Å². The summed E-state index contributed by atoms with van der Waals surface area (Å²) in [4.78, 5) is 13.4. The standard InChI is InChI=1S/C9H14ClNO2/c1-6(10)9(12)11-2-7-4-13-5-8(7)3-11/h6-8H,2-5H2,1H3/t6-,7-,8-/m0/s1. The second-order valence-electron chi connectivity index (χ2n) is 3.92. The van der Waals surface area contributed by atoms with Crippen LogP contribution in [0.2, 0.25) is 0 Å². The maximum absolute atomic E-state index is 11.5. The molecule has 0 N–H and O–H groups in total. The number of rotatable bonds is 1. The van der Waals surface area contributed by atoms with E-state index in [1.165, 1.54) is 0 Å². The molecule has 2 aliphatic rings. The van der Waals surface area contributed by atoms with Crippen LogP contribution in [0.25, 0.3) is 0 Å². The summed E-state index contributed by atoms with van der Waals surface area (Å²) in [5, 5.41) is -0.389. The highest BCUT2D eigenvalue weighted by molar-refractivity contribution is 6.30. The van der Waals surface area contributed by atoms with Crippen molar-refractivity contribution in [3.05, 3.63) is 0 Å². The molecule has 2 heterocycles. The molecule has 3 atom stereocenters. The zero-order valence-corrected chi connectivity index (χ0v) is 8.46. The van der Waals surface area contributed by atoms with Gasteiger partial charge in [0, 0.05) is 24.9 Å². The van der Waals surface area contributed by atoms with Crippen molar-refractivity contribution in [2.45, 2.75) is 12.3 Å². The van der Waals surface area contributed by atoms with Crippen LogP contribution in [0, 0.1) is 11.8 Å². The topological polar surface area (TPSA) is 29.5 Å². The SMILES string of the molecule is C[C@H](Cl)C(=O)N1C[C@H]2COC[C@@H]2C1. The maximum Gasteiger partial charge on any atom is 0.240 e. The first kappa shape index (κ1) is 9.28. The lowest BCUT2D eigenvalue weighted by Gasteiger charge is -2.18. The normalized spacial score (nSPS) is 34.8. The highest BCUT2D eigenvalue weighted by atomic mass is 35.5. The highest BCUT2D eigenvalue weighted by Gasteiger charge is 2.39. The molecule has 3 nitrogen and oxygen atoms in total. The molecule has 0 aromatic carbocycles. The molecule has 1 amide bonds. The van der Waals surface area contributed by atoms with E-state index in [2.05, 4.69) is 0 Å². The van der Waals surface area contributed by atoms with Gasteiger partial charge in [-0.15, -0.1) is 11.6 Å². The smallest absolute Gasteiger partial charge is 0.240 e. The number of hydrogen-bond acceptors (Lipinski definition) is 2. The lowest BCUT2D eigenvalue weighted by molar-refractivity contribution is -0.129. The van der Waals surface area contributed by atoms with E-state index in [0.717, 1.165) is 26.3 Å². The fourth-order valence-electron chi connectivity index (χ4n) is 2.12. The molecule has 0 unspecified atom stereocenters. The van der Waals surface area contributed by atoms with E-state index in [4.69, 9.17) is 16.3 Å². The number of carbonyl (C=O) groups is 1. The first-order valence-corrected chi connectivity index (χ1v) is 5.12. The van der Waals surface area contributed by atoms with E-state index in [0.29, 0.717) is 11.8 Å². The Labute approximate surface area is 83.0 Å². The van der Waals surface area contributed by atoms with Gasteiger partial charge in [0.05, 0.1) is 13.2 Å². The number of hydrogen-bond donors (Lipinski definition) is 0. The molecule has 2 aliphatic heterocycles. The molecule has 2 saturated heterocycles. The van der Waals surface area contributed by atoms with Crippen molar-refractivity contribution in [3.63, 3.8) is 0 Å². The van der Waals surface area contributed by atoms with Crippen LogP contribution in [0.1, 0.15) is 6.92 Å². The van der Waals surface area contributed by atoms with Crippen LogP contribution in [0.3, 0.4) is 0 Å². The third kappa shape index (κ3) is 1.67.